The molecular weight excluding hydrogens is 439 g/mol. The van der Waals surface area contributed by atoms with Gasteiger partial charge in [0.2, 0.25) is 0 Å². The summed E-state index contributed by atoms with van der Waals surface area (Å²) in [5, 5.41) is 1.05. The smallest absolute Gasteiger partial charge is 0.0332 e. The monoisotopic (exact) mass is 451 g/mol. The maximum absolute atomic E-state index is 11.8. The second-order valence-electron chi connectivity index (χ2n) is 5.44. The molecule has 6 nitrogen and oxygen atoms in total. The van der Waals surface area contributed by atoms with Crippen molar-refractivity contribution in [3.63, 3.8) is 0 Å². The average molecular weight is 451 g/mol. The summed E-state index contributed by atoms with van der Waals surface area (Å²) in [5.41, 5.74) is 0. The number of rotatable bonds is 6. The van der Waals surface area contributed by atoms with Crippen LogP contribution in [0.2, 0.25) is 0 Å². The van der Waals surface area contributed by atoms with Crippen LogP contribution in [0, 0.1) is 0 Å². The summed E-state index contributed by atoms with van der Waals surface area (Å²) in [6, 6.07) is 18.5. The lowest BCUT2D eigenvalue weighted by molar-refractivity contribution is 0.536. The van der Waals surface area contributed by atoms with Crippen LogP contribution in [-0.4, -0.2) is 26.3 Å². The van der Waals surface area contributed by atoms with E-state index in [1.807, 2.05) is 0 Å². The molecular formula is C18H12O6PS3-3. The number of benzene rings is 3. The molecule has 0 aromatic heterocycles. The van der Waals surface area contributed by atoms with Crippen LogP contribution in [0.1, 0.15) is 0 Å². The van der Waals surface area contributed by atoms with Crippen LogP contribution in [-0.2, 0) is 33.2 Å². The van der Waals surface area contributed by atoms with Gasteiger partial charge in [-0.25, -0.2) is 0 Å². The topological polar surface area (TPSA) is 120 Å². The van der Waals surface area contributed by atoms with Gasteiger partial charge >= 0.3 is 0 Å². The van der Waals surface area contributed by atoms with Crippen LogP contribution >= 0.6 is 7.92 Å². The van der Waals surface area contributed by atoms with Crippen LogP contribution < -0.4 is 15.9 Å². The summed E-state index contributed by atoms with van der Waals surface area (Å²) in [6.45, 7) is 0. The summed E-state index contributed by atoms with van der Waals surface area (Å²) in [4.78, 5) is -0.0234. The second-order valence-corrected chi connectivity index (χ2v) is 10.3. The van der Waals surface area contributed by atoms with Gasteiger partial charge in [-0.3, -0.25) is 12.6 Å². The lowest BCUT2D eigenvalue weighted by Gasteiger charge is -2.27. The molecule has 0 aliphatic rings. The van der Waals surface area contributed by atoms with Gasteiger partial charge in [-0.05, 0) is 75.3 Å². The van der Waals surface area contributed by atoms with Gasteiger partial charge in [0.25, 0.3) is 0 Å². The first-order valence-electron chi connectivity index (χ1n) is 7.77. The molecule has 3 atom stereocenters. The number of hydrogen-bond acceptors (Lipinski definition) is 6. The fourth-order valence-corrected chi connectivity index (χ4v) is 7.88. The van der Waals surface area contributed by atoms with Crippen molar-refractivity contribution in [3.8, 4) is 0 Å². The van der Waals surface area contributed by atoms with Gasteiger partial charge in [0.1, 0.15) is 0 Å². The summed E-state index contributed by atoms with van der Waals surface area (Å²) in [7, 11) is -1.78. The molecule has 0 fully saturated rings. The zero-order chi connectivity index (χ0) is 20.3. The largest absolute Gasteiger partial charge is 0.768 e. The van der Waals surface area contributed by atoms with Crippen LogP contribution in [0.15, 0.2) is 87.5 Å². The SMILES string of the molecule is O=S([O-])c1ccccc1P(c1ccccc1S(=O)[O-])c1ccccc1S(=O)[O-]. The molecule has 0 bridgehead atoms. The molecule has 146 valence electrons. The highest BCUT2D eigenvalue weighted by molar-refractivity contribution is 7.86. The van der Waals surface area contributed by atoms with Crippen molar-refractivity contribution in [1.82, 2.24) is 0 Å². The minimum atomic E-state index is -2.59. The Kier molecular flexibility index (Phi) is 7.00. The van der Waals surface area contributed by atoms with Crippen molar-refractivity contribution >= 4 is 57.1 Å². The van der Waals surface area contributed by atoms with Crippen molar-refractivity contribution < 1.29 is 26.3 Å². The van der Waals surface area contributed by atoms with Gasteiger partial charge in [-0.15, -0.1) is 0 Å². The zero-order valence-electron chi connectivity index (χ0n) is 14.0. The Hall–Kier alpha value is -1.58. The van der Waals surface area contributed by atoms with Crippen LogP contribution in [0.25, 0.3) is 0 Å². The van der Waals surface area contributed by atoms with E-state index in [1.165, 1.54) is 18.2 Å². The summed E-state index contributed by atoms with van der Waals surface area (Å²) < 4.78 is 70.8. The third-order valence-corrected chi connectivity index (χ3v) is 9.07. The molecule has 0 N–H and O–H groups in total. The van der Waals surface area contributed by atoms with Crippen molar-refractivity contribution in [2.45, 2.75) is 14.7 Å². The fraction of sp³-hybridized carbons (Fsp3) is 0. The highest BCUT2D eigenvalue weighted by atomic mass is 32.2. The minimum Gasteiger partial charge on any atom is -0.768 e. The molecule has 0 aliphatic carbocycles. The first kappa shape index (κ1) is 21.1. The van der Waals surface area contributed by atoms with Crippen molar-refractivity contribution in [1.29, 1.82) is 0 Å². The minimum absolute atomic E-state index is 0.00780. The molecule has 28 heavy (non-hydrogen) atoms. The van der Waals surface area contributed by atoms with E-state index in [4.69, 9.17) is 0 Å². The van der Waals surface area contributed by atoms with Crippen molar-refractivity contribution in [3.05, 3.63) is 72.8 Å². The third kappa shape index (κ3) is 4.36. The third-order valence-electron chi connectivity index (χ3n) is 3.86. The Bertz CT molecular complexity index is 951. The predicted octanol–water partition coefficient (Wildman–Crippen LogP) is 1.16. The molecule has 3 aromatic carbocycles. The molecule has 3 unspecified atom stereocenters. The fourth-order valence-electron chi connectivity index (χ4n) is 2.74. The summed E-state index contributed by atoms with van der Waals surface area (Å²) >= 11 is -7.76. The first-order chi connectivity index (χ1) is 13.4. The highest BCUT2D eigenvalue weighted by Gasteiger charge is 2.25. The highest BCUT2D eigenvalue weighted by Crippen LogP contribution is 2.38. The van der Waals surface area contributed by atoms with Gasteiger partial charge in [0, 0.05) is 14.7 Å². The lowest BCUT2D eigenvalue weighted by atomic mass is 10.3. The van der Waals surface area contributed by atoms with Gasteiger partial charge in [-0.1, -0.05) is 54.6 Å². The van der Waals surface area contributed by atoms with E-state index in [0.29, 0.717) is 15.9 Å². The zero-order valence-corrected chi connectivity index (χ0v) is 17.4. The van der Waals surface area contributed by atoms with E-state index in [2.05, 4.69) is 0 Å². The van der Waals surface area contributed by atoms with Gasteiger partial charge in [-0.2, -0.15) is 0 Å². The van der Waals surface area contributed by atoms with Crippen LogP contribution in [0.4, 0.5) is 0 Å². The maximum Gasteiger partial charge on any atom is 0.0332 e. The lowest BCUT2D eigenvalue weighted by Crippen LogP contribution is -2.28. The molecule has 3 rings (SSSR count). The Morgan fingerprint density at radius 3 is 1.00 bits per heavy atom. The molecule has 10 heteroatoms. The van der Waals surface area contributed by atoms with E-state index in [-0.39, 0.29) is 14.7 Å². The molecule has 0 amide bonds. The molecule has 0 radical (unpaired) electrons. The standard InChI is InChI=1S/C18H15O6PS3/c19-26(20)16-10-4-1-7-13(16)25(14-8-2-5-11-17(14)27(21)22)15-9-3-6-12-18(15)28(23)24/h1-12H,(H,19,20)(H,21,22)(H,23,24)/p-3. The van der Waals surface area contributed by atoms with Gasteiger partial charge in [0.15, 0.2) is 0 Å². The first-order valence-corrected chi connectivity index (χ1v) is 12.3. The number of hydrogen-bond donors (Lipinski definition) is 0. The Balaban J connectivity index is 2.40. The average Bonchev–Trinajstić information content (AvgIpc) is 2.69. The molecule has 0 heterocycles. The van der Waals surface area contributed by atoms with Gasteiger partial charge < -0.3 is 13.7 Å². The molecule has 0 aliphatic heterocycles. The quantitative estimate of drug-likeness (QED) is 0.410. The van der Waals surface area contributed by atoms with Gasteiger partial charge in [0.05, 0.1) is 0 Å². The van der Waals surface area contributed by atoms with E-state index in [9.17, 15) is 26.3 Å². The maximum atomic E-state index is 11.8. The normalized spacial score (nSPS) is 15.5. The van der Waals surface area contributed by atoms with E-state index >= 15 is 0 Å². The van der Waals surface area contributed by atoms with E-state index < -0.39 is 41.2 Å². The predicted molar refractivity (Wildman–Crippen MR) is 107 cm³/mol. The second kappa shape index (κ2) is 9.28. The molecule has 0 saturated heterocycles. The van der Waals surface area contributed by atoms with Crippen molar-refractivity contribution in [2.24, 2.45) is 0 Å². The Morgan fingerprint density at radius 1 is 0.500 bits per heavy atom. The van der Waals surface area contributed by atoms with Crippen LogP contribution in [0.5, 0.6) is 0 Å². The molecule has 0 saturated carbocycles. The van der Waals surface area contributed by atoms with Crippen LogP contribution in [0.3, 0.4) is 0 Å². The Morgan fingerprint density at radius 2 is 0.750 bits per heavy atom. The van der Waals surface area contributed by atoms with E-state index in [1.54, 1.807) is 54.6 Å². The summed E-state index contributed by atoms with van der Waals surface area (Å²) in [6.07, 6.45) is 0. The molecule has 0 spiro atoms. The molecule has 3 aromatic rings. The Labute approximate surface area is 170 Å². The summed E-state index contributed by atoms with van der Waals surface area (Å²) in [5.74, 6) is 0. The van der Waals surface area contributed by atoms with E-state index in [0.717, 1.165) is 0 Å². The van der Waals surface area contributed by atoms with Crippen molar-refractivity contribution in [2.75, 3.05) is 0 Å².